The van der Waals surface area contributed by atoms with Crippen LogP contribution in [0.4, 0.5) is 0 Å². The van der Waals surface area contributed by atoms with E-state index in [0.29, 0.717) is 12.8 Å². The van der Waals surface area contributed by atoms with E-state index in [9.17, 15) is 4.57 Å². The van der Waals surface area contributed by atoms with Gasteiger partial charge in [-0.05, 0) is 12.5 Å². The van der Waals surface area contributed by atoms with Gasteiger partial charge in [0.1, 0.15) is 42.6 Å². The van der Waals surface area contributed by atoms with Gasteiger partial charge in [-0.15, -0.1) is 0 Å². The SMILES string of the molecule is BC1O[C@@](/C=C/P(=O)(O)O)(CC)[C@@H](OI)C[C@H]1OC. The molecular formula is C10H19BIO6P. The van der Waals surface area contributed by atoms with E-state index in [1.807, 2.05) is 14.8 Å². The largest absolute Gasteiger partial charge is 0.379 e. The average Bonchev–Trinajstić information content (AvgIpc) is 2.35. The predicted octanol–water partition coefficient (Wildman–Crippen LogP) is 0.956. The lowest BCUT2D eigenvalue weighted by Gasteiger charge is -2.46. The third-order valence-corrected chi connectivity index (χ3v) is 4.59. The molecule has 4 atom stereocenters. The van der Waals surface area contributed by atoms with Crippen molar-refractivity contribution in [2.75, 3.05) is 7.11 Å². The van der Waals surface area contributed by atoms with Gasteiger partial charge in [0.25, 0.3) is 0 Å². The second-order valence-electron chi connectivity index (χ2n) is 4.62. The first-order chi connectivity index (χ1) is 8.78. The lowest BCUT2D eigenvalue weighted by Crippen LogP contribution is -2.56. The van der Waals surface area contributed by atoms with Crippen LogP contribution in [-0.2, 0) is 17.1 Å². The molecule has 0 spiro atoms. The monoisotopic (exact) mass is 404 g/mol. The molecule has 6 nitrogen and oxygen atoms in total. The number of hydrogen-bond acceptors (Lipinski definition) is 4. The molecule has 1 rings (SSSR count). The van der Waals surface area contributed by atoms with E-state index in [-0.39, 0.29) is 18.2 Å². The number of hydrogen-bond donors (Lipinski definition) is 2. The van der Waals surface area contributed by atoms with Crippen LogP contribution in [0.15, 0.2) is 11.9 Å². The van der Waals surface area contributed by atoms with Crippen LogP contribution in [0, 0.1) is 0 Å². The van der Waals surface area contributed by atoms with Gasteiger partial charge in [-0.25, -0.2) is 0 Å². The van der Waals surface area contributed by atoms with Gasteiger partial charge in [-0.3, -0.25) is 4.57 Å². The van der Waals surface area contributed by atoms with Gasteiger partial charge in [0.15, 0.2) is 0 Å². The van der Waals surface area contributed by atoms with Crippen molar-refractivity contribution in [2.45, 2.75) is 43.6 Å². The zero-order valence-electron chi connectivity index (χ0n) is 11.2. The van der Waals surface area contributed by atoms with Crippen LogP contribution in [0.3, 0.4) is 0 Å². The summed E-state index contributed by atoms with van der Waals surface area (Å²) >= 11 is 1.79. The molecule has 0 amide bonds. The molecule has 2 N–H and O–H groups in total. The van der Waals surface area contributed by atoms with Crippen LogP contribution < -0.4 is 0 Å². The molecule has 0 radical (unpaired) electrons. The summed E-state index contributed by atoms with van der Waals surface area (Å²) in [4.78, 5) is 18.0. The maximum atomic E-state index is 11.0. The Morgan fingerprint density at radius 3 is 2.68 bits per heavy atom. The minimum absolute atomic E-state index is 0.0945. The molecule has 1 unspecified atom stereocenters. The number of halogens is 1. The van der Waals surface area contributed by atoms with Gasteiger partial charge in [-0.2, -0.15) is 0 Å². The smallest absolute Gasteiger partial charge is 0.348 e. The molecule has 19 heavy (non-hydrogen) atoms. The maximum Gasteiger partial charge on any atom is 0.348 e. The molecule has 0 aromatic carbocycles. The van der Waals surface area contributed by atoms with Gasteiger partial charge >= 0.3 is 7.60 Å². The summed E-state index contributed by atoms with van der Waals surface area (Å²) in [7, 11) is -0.724. The Labute approximate surface area is 128 Å². The van der Waals surface area contributed by atoms with E-state index in [4.69, 9.17) is 22.3 Å². The Morgan fingerprint density at radius 2 is 2.26 bits per heavy atom. The van der Waals surface area contributed by atoms with Crippen LogP contribution in [0.25, 0.3) is 0 Å². The molecule has 0 bridgehead atoms. The van der Waals surface area contributed by atoms with Crippen molar-refractivity contribution in [3.63, 3.8) is 0 Å². The first-order valence-corrected chi connectivity index (χ1v) is 8.58. The Morgan fingerprint density at radius 1 is 1.63 bits per heavy atom. The Kier molecular flexibility index (Phi) is 6.51. The zero-order valence-corrected chi connectivity index (χ0v) is 14.2. The minimum Gasteiger partial charge on any atom is -0.379 e. The van der Waals surface area contributed by atoms with E-state index < -0.39 is 13.2 Å². The quantitative estimate of drug-likeness (QED) is 0.404. The Hall–Kier alpha value is 0.565. The van der Waals surface area contributed by atoms with Gasteiger partial charge in [0.2, 0.25) is 0 Å². The predicted molar refractivity (Wildman–Crippen MR) is 81.9 cm³/mol. The van der Waals surface area contributed by atoms with Crippen LogP contribution in [0.5, 0.6) is 0 Å². The number of ether oxygens (including phenoxy) is 2. The fraction of sp³-hybridized carbons (Fsp3) is 0.800. The first-order valence-electron chi connectivity index (χ1n) is 6.01. The third-order valence-electron chi connectivity index (χ3n) is 3.43. The standard InChI is InChI=1S/C10H19BIO6P/c1-3-10(4-5-19(13,14)15)8(18-12)6-7(16-2)9(11)17-10/h4-5,7-9H,3,6,11H2,1-2H3,(H2,13,14,15)/b5-4+/t7-,8+,9?,10-/m1/s1. The summed E-state index contributed by atoms with van der Waals surface area (Å²) < 4.78 is 27.7. The second-order valence-corrected chi connectivity index (χ2v) is 6.61. The molecule has 0 aliphatic carbocycles. The van der Waals surface area contributed by atoms with Crippen molar-refractivity contribution >= 4 is 38.4 Å². The highest BCUT2D eigenvalue weighted by atomic mass is 127. The third kappa shape index (κ3) is 4.52. The number of rotatable bonds is 5. The molecule has 0 aromatic heterocycles. The lowest BCUT2D eigenvalue weighted by molar-refractivity contribution is -0.172. The molecule has 0 saturated carbocycles. The summed E-state index contributed by atoms with van der Waals surface area (Å²) in [6, 6.07) is -0.172. The van der Waals surface area contributed by atoms with Crippen molar-refractivity contribution in [3.05, 3.63) is 11.9 Å². The summed E-state index contributed by atoms with van der Waals surface area (Å²) in [5, 5.41) is 0. The summed E-state index contributed by atoms with van der Waals surface area (Å²) in [6.45, 7) is 1.90. The topological polar surface area (TPSA) is 85.2 Å². The second kappa shape index (κ2) is 7.02. The van der Waals surface area contributed by atoms with E-state index >= 15 is 0 Å². The number of methoxy groups -OCH3 is 1. The highest BCUT2D eigenvalue weighted by molar-refractivity contribution is 14.1. The molecule has 1 aliphatic rings. The minimum atomic E-state index is -4.22. The lowest BCUT2D eigenvalue weighted by atomic mass is 9.79. The van der Waals surface area contributed by atoms with Gasteiger partial charge in [-0.1, -0.05) is 6.92 Å². The molecule has 1 saturated heterocycles. The molecule has 9 heteroatoms. The summed E-state index contributed by atoms with van der Waals surface area (Å²) in [6.07, 6.45) is 2.18. The van der Waals surface area contributed by atoms with Crippen molar-refractivity contribution in [2.24, 2.45) is 0 Å². The van der Waals surface area contributed by atoms with Crippen LogP contribution >= 0.6 is 30.6 Å². The van der Waals surface area contributed by atoms with Gasteiger partial charge in [0, 0.05) is 19.3 Å². The molecule has 1 heterocycles. The molecule has 110 valence electrons. The molecule has 1 aliphatic heterocycles. The maximum absolute atomic E-state index is 11.0. The summed E-state index contributed by atoms with van der Waals surface area (Å²) in [5.74, 6) is 0.888. The van der Waals surface area contributed by atoms with Crippen molar-refractivity contribution in [3.8, 4) is 0 Å². The molecular weight excluding hydrogens is 385 g/mol. The first kappa shape index (κ1) is 17.6. The fourth-order valence-electron chi connectivity index (χ4n) is 2.30. The Balaban J connectivity index is 3.02. The molecule has 1 fully saturated rings. The van der Waals surface area contributed by atoms with Crippen molar-refractivity contribution < 1.29 is 26.9 Å². The van der Waals surface area contributed by atoms with Crippen molar-refractivity contribution in [1.82, 2.24) is 0 Å². The van der Waals surface area contributed by atoms with E-state index in [1.165, 1.54) is 6.08 Å². The summed E-state index contributed by atoms with van der Waals surface area (Å²) in [5.41, 5.74) is -0.837. The highest BCUT2D eigenvalue weighted by Crippen LogP contribution is 2.42. The van der Waals surface area contributed by atoms with E-state index in [2.05, 4.69) is 0 Å². The van der Waals surface area contributed by atoms with Crippen LogP contribution in [0.1, 0.15) is 19.8 Å². The highest BCUT2D eigenvalue weighted by Gasteiger charge is 2.46. The fourth-order valence-corrected chi connectivity index (χ4v) is 3.38. The zero-order chi connectivity index (χ0) is 14.7. The van der Waals surface area contributed by atoms with Gasteiger partial charge in [0.05, 0.1) is 12.1 Å². The molecule has 0 aromatic rings. The van der Waals surface area contributed by atoms with Gasteiger partial charge < -0.3 is 22.3 Å². The van der Waals surface area contributed by atoms with Crippen LogP contribution in [-0.4, -0.2) is 48.6 Å². The average molecular weight is 404 g/mol. The van der Waals surface area contributed by atoms with E-state index in [1.54, 1.807) is 30.1 Å². The van der Waals surface area contributed by atoms with E-state index in [0.717, 1.165) is 5.82 Å². The normalized spacial score (nSPS) is 36.8. The van der Waals surface area contributed by atoms with Crippen molar-refractivity contribution in [1.29, 1.82) is 0 Å². The van der Waals surface area contributed by atoms with Crippen LogP contribution in [0.2, 0.25) is 0 Å². The Bertz CT molecular complexity index is 375.